The molecule has 2 aromatic heterocycles. The molecule has 5 heteroatoms. The van der Waals surface area contributed by atoms with E-state index >= 15 is 0 Å². The van der Waals surface area contributed by atoms with Crippen LogP contribution in [0.1, 0.15) is 25.4 Å². The van der Waals surface area contributed by atoms with Crippen molar-refractivity contribution in [3.63, 3.8) is 0 Å². The highest BCUT2D eigenvalue weighted by Crippen LogP contribution is 2.13. The van der Waals surface area contributed by atoms with Crippen LogP contribution >= 0.6 is 11.5 Å². The zero-order valence-electron chi connectivity index (χ0n) is 9.34. The van der Waals surface area contributed by atoms with Gasteiger partial charge in [0.05, 0.1) is 6.42 Å². The van der Waals surface area contributed by atoms with Crippen molar-refractivity contribution < 1.29 is 0 Å². The topological polar surface area (TPSA) is 50.7 Å². The Morgan fingerprint density at radius 1 is 1.38 bits per heavy atom. The number of hydrogen-bond acceptors (Lipinski definition) is 5. The van der Waals surface area contributed by atoms with Crippen LogP contribution in [-0.4, -0.2) is 20.4 Å². The number of hydrogen-bond donors (Lipinski definition) is 1. The van der Waals surface area contributed by atoms with E-state index in [1.165, 1.54) is 11.5 Å². The minimum absolute atomic E-state index is 0.385. The molecule has 1 N–H and O–H groups in total. The minimum atomic E-state index is 0.385. The molecule has 0 bridgehead atoms. The number of anilines is 1. The van der Waals surface area contributed by atoms with Gasteiger partial charge in [0.15, 0.2) is 5.82 Å². The molecule has 0 atom stereocenters. The summed E-state index contributed by atoms with van der Waals surface area (Å²) in [4.78, 5) is 8.65. The van der Waals surface area contributed by atoms with E-state index in [9.17, 15) is 0 Å². The van der Waals surface area contributed by atoms with Gasteiger partial charge in [0.2, 0.25) is 5.13 Å². The smallest absolute Gasteiger partial charge is 0.202 e. The number of nitrogens with one attached hydrogen (secondary N) is 1. The number of aromatic nitrogens is 3. The summed E-state index contributed by atoms with van der Waals surface area (Å²) in [6.45, 7) is 4.17. The number of rotatable bonds is 4. The molecule has 0 aliphatic carbocycles. The fraction of sp³-hybridized carbons (Fsp3) is 0.364. The summed E-state index contributed by atoms with van der Waals surface area (Å²) in [5.74, 6) is 0.826. The molecule has 0 radical (unpaired) electrons. The van der Waals surface area contributed by atoms with E-state index in [2.05, 4.69) is 33.5 Å². The van der Waals surface area contributed by atoms with Gasteiger partial charge < -0.3 is 5.32 Å². The largest absolute Gasteiger partial charge is 0.358 e. The molecule has 4 nitrogen and oxygen atoms in total. The summed E-state index contributed by atoms with van der Waals surface area (Å²) in [5, 5.41) is 4.11. The summed E-state index contributed by atoms with van der Waals surface area (Å²) in [7, 11) is 0. The molecular weight excluding hydrogens is 220 g/mol. The second-order valence-corrected chi connectivity index (χ2v) is 4.56. The van der Waals surface area contributed by atoms with Crippen molar-refractivity contribution in [1.82, 2.24) is 14.3 Å². The highest BCUT2D eigenvalue weighted by atomic mass is 32.1. The van der Waals surface area contributed by atoms with Crippen molar-refractivity contribution in [2.45, 2.75) is 26.3 Å². The zero-order valence-corrected chi connectivity index (χ0v) is 10.2. The van der Waals surface area contributed by atoms with Crippen LogP contribution < -0.4 is 5.32 Å². The fourth-order valence-electron chi connectivity index (χ4n) is 1.30. The van der Waals surface area contributed by atoms with Gasteiger partial charge in [-0.2, -0.15) is 4.37 Å². The van der Waals surface area contributed by atoms with Gasteiger partial charge in [-0.3, -0.25) is 4.98 Å². The lowest BCUT2D eigenvalue weighted by atomic mass is 10.3. The van der Waals surface area contributed by atoms with Gasteiger partial charge in [0.25, 0.3) is 0 Å². The van der Waals surface area contributed by atoms with Gasteiger partial charge in [0, 0.05) is 29.5 Å². The van der Waals surface area contributed by atoms with Crippen LogP contribution in [0.2, 0.25) is 0 Å². The van der Waals surface area contributed by atoms with Crippen LogP contribution in [0.5, 0.6) is 0 Å². The molecule has 0 spiro atoms. The Bertz CT molecular complexity index is 438. The van der Waals surface area contributed by atoms with Gasteiger partial charge in [-0.25, -0.2) is 4.98 Å². The van der Waals surface area contributed by atoms with Crippen LogP contribution in [0.25, 0.3) is 0 Å². The normalized spacial score (nSPS) is 10.7. The molecule has 0 saturated heterocycles. The van der Waals surface area contributed by atoms with Crippen LogP contribution in [0, 0.1) is 0 Å². The molecule has 0 unspecified atom stereocenters. The van der Waals surface area contributed by atoms with Gasteiger partial charge in [-0.1, -0.05) is 6.07 Å². The predicted molar refractivity (Wildman–Crippen MR) is 65.7 cm³/mol. The van der Waals surface area contributed by atoms with E-state index in [0.717, 1.165) is 16.6 Å². The summed E-state index contributed by atoms with van der Waals surface area (Å²) in [6.07, 6.45) is 2.48. The Morgan fingerprint density at radius 2 is 2.25 bits per heavy atom. The molecule has 0 aliphatic rings. The highest BCUT2D eigenvalue weighted by molar-refractivity contribution is 7.09. The molecule has 16 heavy (non-hydrogen) atoms. The maximum absolute atomic E-state index is 4.40. The summed E-state index contributed by atoms with van der Waals surface area (Å²) in [6, 6.07) is 6.25. The third-order valence-electron chi connectivity index (χ3n) is 1.95. The molecular formula is C11H14N4S. The van der Waals surface area contributed by atoms with Crippen LogP contribution in [-0.2, 0) is 6.42 Å². The second kappa shape index (κ2) is 5.03. The maximum atomic E-state index is 4.40. The first-order chi connectivity index (χ1) is 7.74. The van der Waals surface area contributed by atoms with Crippen molar-refractivity contribution in [3.8, 4) is 0 Å². The lowest BCUT2D eigenvalue weighted by Gasteiger charge is -2.03. The number of nitrogens with zero attached hydrogens (tertiary/aromatic N) is 3. The zero-order chi connectivity index (χ0) is 11.4. The highest BCUT2D eigenvalue weighted by Gasteiger charge is 2.06. The minimum Gasteiger partial charge on any atom is -0.358 e. The lowest BCUT2D eigenvalue weighted by molar-refractivity contribution is 0.890. The van der Waals surface area contributed by atoms with Crippen LogP contribution in [0.3, 0.4) is 0 Å². The molecule has 2 heterocycles. The molecule has 0 fully saturated rings. The average Bonchev–Trinajstić information content (AvgIpc) is 2.66. The van der Waals surface area contributed by atoms with Gasteiger partial charge >= 0.3 is 0 Å². The van der Waals surface area contributed by atoms with Crippen molar-refractivity contribution in [3.05, 3.63) is 35.9 Å². The van der Waals surface area contributed by atoms with Gasteiger partial charge in [-0.05, 0) is 26.0 Å². The van der Waals surface area contributed by atoms with Crippen molar-refractivity contribution in [2.24, 2.45) is 0 Å². The fourth-order valence-corrected chi connectivity index (χ4v) is 2.03. The van der Waals surface area contributed by atoms with E-state index in [1.807, 2.05) is 18.2 Å². The predicted octanol–water partition coefficient (Wildman–Crippen LogP) is 2.34. The molecule has 0 aromatic carbocycles. The van der Waals surface area contributed by atoms with E-state index in [4.69, 9.17) is 0 Å². The van der Waals surface area contributed by atoms with Crippen molar-refractivity contribution in [2.75, 3.05) is 5.32 Å². The van der Waals surface area contributed by atoms with E-state index < -0.39 is 0 Å². The molecule has 2 rings (SSSR count). The van der Waals surface area contributed by atoms with Crippen molar-refractivity contribution in [1.29, 1.82) is 0 Å². The molecule has 0 amide bonds. The van der Waals surface area contributed by atoms with Crippen LogP contribution in [0.15, 0.2) is 24.4 Å². The SMILES string of the molecule is CC(C)Nc1nc(Cc2ccccn2)ns1. The molecule has 84 valence electrons. The number of pyridine rings is 1. The third-order valence-corrected chi connectivity index (χ3v) is 2.63. The molecule has 0 aliphatic heterocycles. The van der Waals surface area contributed by atoms with Crippen LogP contribution in [0.4, 0.5) is 5.13 Å². The average molecular weight is 234 g/mol. The first-order valence-electron chi connectivity index (χ1n) is 5.23. The summed E-state index contributed by atoms with van der Waals surface area (Å²) < 4.78 is 4.29. The monoisotopic (exact) mass is 234 g/mol. The Balaban J connectivity index is 2.03. The van der Waals surface area contributed by atoms with Crippen molar-refractivity contribution >= 4 is 16.7 Å². The summed E-state index contributed by atoms with van der Waals surface area (Å²) in [5.41, 5.74) is 0.997. The standard InChI is InChI=1S/C11H14N4S/c1-8(2)13-11-14-10(15-16-11)7-9-5-3-4-6-12-9/h3-6,8H,7H2,1-2H3,(H,13,14,15). The van der Waals surface area contributed by atoms with Gasteiger partial charge in [-0.15, -0.1) is 0 Å². The second-order valence-electron chi connectivity index (χ2n) is 3.81. The maximum Gasteiger partial charge on any atom is 0.202 e. The van der Waals surface area contributed by atoms with E-state index in [1.54, 1.807) is 6.20 Å². The first kappa shape index (κ1) is 11.0. The Morgan fingerprint density at radius 3 is 2.94 bits per heavy atom. The third kappa shape index (κ3) is 3.00. The molecule has 2 aromatic rings. The van der Waals surface area contributed by atoms with E-state index in [-0.39, 0.29) is 0 Å². The Hall–Kier alpha value is -1.49. The summed E-state index contributed by atoms with van der Waals surface area (Å²) >= 11 is 1.40. The van der Waals surface area contributed by atoms with Gasteiger partial charge in [0.1, 0.15) is 0 Å². The quantitative estimate of drug-likeness (QED) is 0.882. The molecule has 0 saturated carbocycles. The Kier molecular flexibility index (Phi) is 3.46. The van der Waals surface area contributed by atoms with E-state index in [0.29, 0.717) is 12.5 Å². The Labute approximate surface area is 98.9 Å². The first-order valence-corrected chi connectivity index (χ1v) is 6.00. The lowest BCUT2D eigenvalue weighted by Crippen LogP contribution is -2.09.